The molecule has 0 saturated carbocycles. The standard InChI is InChI=1S/C13H16F3NO2/c1-8(2)12(17-11(19)7-18)9-4-3-5-10(6-9)13(14,15)16/h3-6,8,12,18H,7H2,1-2H3,(H,17,19). The Labute approximate surface area is 109 Å². The van der Waals surface area contributed by atoms with Crippen LogP contribution in [-0.4, -0.2) is 17.6 Å². The molecule has 106 valence electrons. The molecule has 0 fully saturated rings. The Bertz CT molecular complexity index is 444. The van der Waals surface area contributed by atoms with Crippen LogP contribution >= 0.6 is 0 Å². The Kier molecular flexibility index (Phi) is 4.94. The summed E-state index contributed by atoms with van der Waals surface area (Å²) < 4.78 is 37.9. The van der Waals surface area contributed by atoms with E-state index in [0.717, 1.165) is 12.1 Å². The van der Waals surface area contributed by atoms with Crippen LogP contribution in [0.3, 0.4) is 0 Å². The van der Waals surface area contributed by atoms with Crippen LogP contribution in [0.2, 0.25) is 0 Å². The largest absolute Gasteiger partial charge is 0.416 e. The van der Waals surface area contributed by atoms with E-state index in [1.807, 2.05) is 0 Å². The van der Waals surface area contributed by atoms with Crippen molar-refractivity contribution >= 4 is 5.91 Å². The number of amides is 1. The van der Waals surface area contributed by atoms with Crippen molar-refractivity contribution < 1.29 is 23.1 Å². The Hall–Kier alpha value is -1.56. The first-order chi connectivity index (χ1) is 8.75. The van der Waals surface area contributed by atoms with Gasteiger partial charge in [-0.05, 0) is 23.6 Å². The van der Waals surface area contributed by atoms with E-state index in [1.165, 1.54) is 12.1 Å². The lowest BCUT2D eigenvalue weighted by molar-refractivity contribution is -0.137. The topological polar surface area (TPSA) is 49.3 Å². The maximum absolute atomic E-state index is 12.6. The minimum atomic E-state index is -4.42. The third-order valence-corrected chi connectivity index (χ3v) is 2.70. The Balaban J connectivity index is 3.06. The van der Waals surface area contributed by atoms with Gasteiger partial charge in [0.15, 0.2) is 0 Å². The van der Waals surface area contributed by atoms with Gasteiger partial charge in [-0.3, -0.25) is 4.79 Å². The molecule has 3 nitrogen and oxygen atoms in total. The van der Waals surface area contributed by atoms with Crippen LogP contribution in [0, 0.1) is 5.92 Å². The van der Waals surface area contributed by atoms with E-state index in [9.17, 15) is 18.0 Å². The summed E-state index contributed by atoms with van der Waals surface area (Å²) in [5.41, 5.74) is -0.388. The van der Waals surface area contributed by atoms with Crippen molar-refractivity contribution in [2.45, 2.75) is 26.1 Å². The molecule has 1 atom stereocenters. The average molecular weight is 275 g/mol. The predicted molar refractivity (Wildman–Crippen MR) is 64.3 cm³/mol. The first-order valence-electron chi connectivity index (χ1n) is 5.83. The van der Waals surface area contributed by atoms with Gasteiger partial charge in [-0.2, -0.15) is 13.2 Å². The molecule has 1 amide bonds. The first-order valence-corrected chi connectivity index (χ1v) is 5.83. The van der Waals surface area contributed by atoms with Crippen molar-refractivity contribution in [3.05, 3.63) is 35.4 Å². The zero-order valence-corrected chi connectivity index (χ0v) is 10.7. The SMILES string of the molecule is CC(C)C(NC(=O)CO)c1cccc(C(F)(F)F)c1. The molecule has 1 rings (SSSR count). The van der Waals surface area contributed by atoms with Gasteiger partial charge >= 0.3 is 6.18 Å². The molecule has 0 aliphatic heterocycles. The maximum Gasteiger partial charge on any atom is 0.416 e. The van der Waals surface area contributed by atoms with Crippen LogP contribution in [0.1, 0.15) is 31.0 Å². The molecule has 0 heterocycles. The van der Waals surface area contributed by atoms with Crippen molar-refractivity contribution in [1.29, 1.82) is 0 Å². The van der Waals surface area contributed by atoms with Gasteiger partial charge in [0.25, 0.3) is 0 Å². The number of benzene rings is 1. The van der Waals surface area contributed by atoms with E-state index in [0.29, 0.717) is 5.56 Å². The molecule has 0 saturated heterocycles. The van der Waals surface area contributed by atoms with Crippen molar-refractivity contribution in [3.8, 4) is 0 Å². The molecule has 1 unspecified atom stereocenters. The van der Waals surface area contributed by atoms with E-state index < -0.39 is 30.3 Å². The highest BCUT2D eigenvalue weighted by atomic mass is 19.4. The Morgan fingerprint density at radius 3 is 2.47 bits per heavy atom. The summed E-state index contributed by atoms with van der Waals surface area (Å²) >= 11 is 0. The zero-order valence-electron chi connectivity index (χ0n) is 10.7. The second kappa shape index (κ2) is 6.06. The van der Waals surface area contributed by atoms with Gasteiger partial charge in [0.1, 0.15) is 6.61 Å². The highest BCUT2D eigenvalue weighted by Gasteiger charge is 2.31. The average Bonchev–Trinajstić information content (AvgIpc) is 2.34. The number of carbonyl (C=O) groups excluding carboxylic acids is 1. The van der Waals surface area contributed by atoms with Crippen molar-refractivity contribution in [1.82, 2.24) is 5.32 Å². The minimum Gasteiger partial charge on any atom is -0.387 e. The number of nitrogens with one attached hydrogen (secondary N) is 1. The smallest absolute Gasteiger partial charge is 0.387 e. The molecule has 1 aromatic carbocycles. The van der Waals surface area contributed by atoms with Gasteiger partial charge in [0, 0.05) is 0 Å². The summed E-state index contributed by atoms with van der Waals surface area (Å²) in [6.45, 7) is 2.87. The van der Waals surface area contributed by atoms with Gasteiger partial charge in [0.2, 0.25) is 5.91 Å². The normalized spacial score (nSPS) is 13.4. The first kappa shape index (κ1) is 15.5. The highest BCUT2D eigenvalue weighted by molar-refractivity contribution is 5.77. The van der Waals surface area contributed by atoms with Gasteiger partial charge in [-0.1, -0.05) is 26.0 Å². The van der Waals surface area contributed by atoms with Crippen LogP contribution in [-0.2, 0) is 11.0 Å². The van der Waals surface area contributed by atoms with Gasteiger partial charge in [-0.15, -0.1) is 0 Å². The molecule has 1 aromatic rings. The number of rotatable bonds is 4. The molecule has 0 radical (unpaired) electrons. The summed E-state index contributed by atoms with van der Waals surface area (Å²) in [6.07, 6.45) is -4.42. The number of aliphatic hydroxyl groups is 1. The lowest BCUT2D eigenvalue weighted by Crippen LogP contribution is -2.33. The third kappa shape index (κ3) is 4.24. The van der Waals surface area contributed by atoms with Crippen LogP contribution < -0.4 is 5.32 Å². The molecule has 0 aromatic heterocycles. The zero-order chi connectivity index (χ0) is 14.6. The monoisotopic (exact) mass is 275 g/mol. The molecule has 0 bridgehead atoms. The van der Waals surface area contributed by atoms with E-state index in [1.54, 1.807) is 13.8 Å². The molecule has 0 aliphatic rings. The number of halogens is 3. The van der Waals surface area contributed by atoms with Gasteiger partial charge < -0.3 is 10.4 Å². The fraction of sp³-hybridized carbons (Fsp3) is 0.462. The molecule has 0 spiro atoms. The van der Waals surface area contributed by atoms with E-state index in [2.05, 4.69) is 5.32 Å². The number of aliphatic hydroxyl groups excluding tert-OH is 1. The molecular weight excluding hydrogens is 259 g/mol. The third-order valence-electron chi connectivity index (χ3n) is 2.70. The molecular formula is C13H16F3NO2. The summed E-state index contributed by atoms with van der Waals surface area (Å²) in [7, 11) is 0. The lowest BCUT2D eigenvalue weighted by Gasteiger charge is -2.23. The number of hydrogen-bond acceptors (Lipinski definition) is 2. The fourth-order valence-electron chi connectivity index (χ4n) is 1.76. The van der Waals surface area contributed by atoms with Gasteiger partial charge in [-0.25, -0.2) is 0 Å². The molecule has 0 aliphatic carbocycles. The highest BCUT2D eigenvalue weighted by Crippen LogP contribution is 2.32. The second-order valence-electron chi connectivity index (χ2n) is 4.57. The summed E-state index contributed by atoms with van der Waals surface area (Å²) in [5.74, 6) is -0.713. The van der Waals surface area contributed by atoms with Crippen LogP contribution in [0.15, 0.2) is 24.3 Å². The van der Waals surface area contributed by atoms with Gasteiger partial charge in [0.05, 0.1) is 11.6 Å². The predicted octanol–water partition coefficient (Wildman–Crippen LogP) is 2.51. The quantitative estimate of drug-likeness (QED) is 0.887. The molecule has 19 heavy (non-hydrogen) atoms. The Morgan fingerprint density at radius 1 is 1.37 bits per heavy atom. The van der Waals surface area contributed by atoms with E-state index >= 15 is 0 Å². The van der Waals surface area contributed by atoms with Crippen molar-refractivity contribution in [2.24, 2.45) is 5.92 Å². The number of hydrogen-bond donors (Lipinski definition) is 2. The second-order valence-corrected chi connectivity index (χ2v) is 4.57. The number of alkyl halides is 3. The van der Waals surface area contributed by atoms with Crippen LogP contribution in [0.4, 0.5) is 13.2 Å². The molecule has 6 heteroatoms. The summed E-state index contributed by atoms with van der Waals surface area (Å²) in [6, 6.07) is 4.26. The molecule has 2 N–H and O–H groups in total. The van der Waals surface area contributed by atoms with Crippen LogP contribution in [0.5, 0.6) is 0 Å². The van der Waals surface area contributed by atoms with Crippen LogP contribution in [0.25, 0.3) is 0 Å². The Morgan fingerprint density at radius 2 is 2.00 bits per heavy atom. The van der Waals surface area contributed by atoms with Crippen molar-refractivity contribution in [3.63, 3.8) is 0 Å². The van der Waals surface area contributed by atoms with E-state index in [4.69, 9.17) is 5.11 Å². The van der Waals surface area contributed by atoms with E-state index in [-0.39, 0.29) is 5.92 Å². The lowest BCUT2D eigenvalue weighted by atomic mass is 9.94. The summed E-state index contributed by atoms with van der Waals surface area (Å²) in [4.78, 5) is 11.2. The minimum absolute atomic E-state index is 0.0982. The van der Waals surface area contributed by atoms with Crippen molar-refractivity contribution in [2.75, 3.05) is 6.61 Å². The maximum atomic E-state index is 12.6. The number of carbonyl (C=O) groups is 1. The fourth-order valence-corrected chi connectivity index (χ4v) is 1.76. The summed E-state index contributed by atoms with van der Waals surface area (Å²) in [5, 5.41) is 11.2.